The highest BCUT2D eigenvalue weighted by Gasteiger charge is 2.36. The van der Waals surface area contributed by atoms with Crippen molar-refractivity contribution in [3.8, 4) is 0 Å². The molecule has 1 aliphatic heterocycles. The minimum atomic E-state index is -0.591. The third kappa shape index (κ3) is 3.39. The number of thiazole rings is 1. The van der Waals surface area contributed by atoms with Crippen LogP contribution in [0.25, 0.3) is 0 Å². The summed E-state index contributed by atoms with van der Waals surface area (Å²) in [6.45, 7) is 2.00. The van der Waals surface area contributed by atoms with Gasteiger partial charge >= 0.3 is 0 Å². The van der Waals surface area contributed by atoms with Gasteiger partial charge in [0.15, 0.2) is 5.13 Å². The summed E-state index contributed by atoms with van der Waals surface area (Å²) in [5.74, 6) is -0.785. The van der Waals surface area contributed by atoms with E-state index >= 15 is 0 Å². The first-order chi connectivity index (χ1) is 11.0. The number of nitrogens with one attached hydrogen (secondary N) is 1. The molecule has 1 unspecified atom stereocenters. The summed E-state index contributed by atoms with van der Waals surface area (Å²) in [6.07, 6.45) is 2.41. The van der Waals surface area contributed by atoms with Gasteiger partial charge in [0.1, 0.15) is 11.9 Å². The Morgan fingerprint density at radius 2 is 2.26 bits per heavy atom. The van der Waals surface area contributed by atoms with Crippen molar-refractivity contribution in [3.63, 3.8) is 0 Å². The summed E-state index contributed by atoms with van der Waals surface area (Å²) < 4.78 is 13.8. The largest absolute Gasteiger partial charge is 0.326 e. The van der Waals surface area contributed by atoms with Gasteiger partial charge in [0.25, 0.3) is 0 Å². The number of rotatable bonds is 4. The predicted molar refractivity (Wildman–Crippen MR) is 85.5 cm³/mol. The van der Waals surface area contributed by atoms with Gasteiger partial charge in [0.2, 0.25) is 11.8 Å². The van der Waals surface area contributed by atoms with Crippen LogP contribution in [0.5, 0.6) is 0 Å². The van der Waals surface area contributed by atoms with Crippen molar-refractivity contribution in [2.24, 2.45) is 0 Å². The first-order valence-electron chi connectivity index (χ1n) is 7.31. The molecule has 0 saturated carbocycles. The SMILES string of the molecule is Cc1cnc(NC(=O)C2CCC(=O)N2Cc2ccccc2F)s1. The van der Waals surface area contributed by atoms with Gasteiger partial charge in [-0.25, -0.2) is 9.37 Å². The lowest BCUT2D eigenvalue weighted by Crippen LogP contribution is -2.41. The van der Waals surface area contributed by atoms with E-state index in [-0.39, 0.29) is 24.2 Å². The number of nitrogens with zero attached hydrogens (tertiary/aromatic N) is 2. The highest BCUT2D eigenvalue weighted by molar-refractivity contribution is 7.15. The first kappa shape index (κ1) is 15.6. The summed E-state index contributed by atoms with van der Waals surface area (Å²) in [6, 6.07) is 5.70. The highest BCUT2D eigenvalue weighted by Crippen LogP contribution is 2.25. The van der Waals surface area contributed by atoms with E-state index in [1.165, 1.54) is 22.3 Å². The topological polar surface area (TPSA) is 62.3 Å². The number of benzene rings is 1. The second-order valence-corrected chi connectivity index (χ2v) is 6.67. The fourth-order valence-corrected chi connectivity index (χ4v) is 3.28. The molecule has 1 fully saturated rings. The maximum atomic E-state index is 13.8. The van der Waals surface area contributed by atoms with Crippen LogP contribution in [0.3, 0.4) is 0 Å². The third-order valence-corrected chi connectivity index (χ3v) is 4.61. The molecule has 1 aromatic heterocycles. The van der Waals surface area contributed by atoms with Gasteiger partial charge in [-0.15, -0.1) is 11.3 Å². The molecule has 1 aliphatic rings. The second kappa shape index (κ2) is 6.45. The van der Waals surface area contributed by atoms with E-state index < -0.39 is 6.04 Å². The Morgan fingerprint density at radius 1 is 1.48 bits per heavy atom. The van der Waals surface area contributed by atoms with Gasteiger partial charge in [-0.1, -0.05) is 18.2 Å². The van der Waals surface area contributed by atoms with Crippen LogP contribution in [-0.4, -0.2) is 27.7 Å². The number of anilines is 1. The molecule has 0 aliphatic carbocycles. The Kier molecular flexibility index (Phi) is 4.38. The maximum Gasteiger partial charge on any atom is 0.248 e. The second-order valence-electron chi connectivity index (χ2n) is 5.43. The Hall–Kier alpha value is -2.28. The van der Waals surface area contributed by atoms with Crippen LogP contribution in [0, 0.1) is 12.7 Å². The molecule has 0 spiro atoms. The van der Waals surface area contributed by atoms with Crippen LogP contribution in [0.1, 0.15) is 23.3 Å². The average molecular weight is 333 g/mol. The summed E-state index contributed by atoms with van der Waals surface area (Å²) in [5, 5.41) is 3.25. The van der Waals surface area contributed by atoms with Crippen molar-refractivity contribution >= 4 is 28.3 Å². The van der Waals surface area contributed by atoms with E-state index in [4.69, 9.17) is 0 Å². The lowest BCUT2D eigenvalue weighted by molar-refractivity contribution is -0.133. The van der Waals surface area contributed by atoms with E-state index in [9.17, 15) is 14.0 Å². The number of amides is 2. The third-order valence-electron chi connectivity index (χ3n) is 3.78. The standard InChI is InChI=1S/C16H16FN3O2S/c1-10-8-18-16(23-10)19-15(22)13-6-7-14(21)20(13)9-11-4-2-3-5-12(11)17/h2-5,8,13H,6-7,9H2,1H3,(H,18,19,22). The monoisotopic (exact) mass is 333 g/mol. The van der Waals surface area contributed by atoms with E-state index in [2.05, 4.69) is 10.3 Å². The zero-order chi connectivity index (χ0) is 16.4. The summed E-state index contributed by atoms with van der Waals surface area (Å²) >= 11 is 1.38. The maximum absolute atomic E-state index is 13.8. The Labute approximate surface area is 137 Å². The summed E-state index contributed by atoms with van der Waals surface area (Å²) in [4.78, 5) is 31.0. The zero-order valence-corrected chi connectivity index (χ0v) is 13.4. The molecule has 1 aromatic carbocycles. The molecule has 1 atom stereocenters. The van der Waals surface area contributed by atoms with Crippen LogP contribution in [-0.2, 0) is 16.1 Å². The number of hydrogen-bond donors (Lipinski definition) is 1. The van der Waals surface area contributed by atoms with E-state index in [1.807, 2.05) is 6.92 Å². The van der Waals surface area contributed by atoms with Crippen molar-refractivity contribution < 1.29 is 14.0 Å². The molecule has 120 valence electrons. The van der Waals surface area contributed by atoms with Crippen LogP contribution >= 0.6 is 11.3 Å². The van der Waals surface area contributed by atoms with Gasteiger partial charge in [-0.3, -0.25) is 9.59 Å². The van der Waals surface area contributed by atoms with Crippen LogP contribution in [0.4, 0.5) is 9.52 Å². The van der Waals surface area contributed by atoms with Gasteiger partial charge in [-0.05, 0) is 19.4 Å². The number of likely N-dealkylation sites (tertiary alicyclic amines) is 1. The number of aryl methyl sites for hydroxylation is 1. The normalized spacial score (nSPS) is 17.6. The van der Waals surface area contributed by atoms with Crippen molar-refractivity contribution in [2.45, 2.75) is 32.4 Å². The molecule has 3 rings (SSSR count). The van der Waals surface area contributed by atoms with Gasteiger partial charge in [0.05, 0.1) is 0 Å². The smallest absolute Gasteiger partial charge is 0.248 e. The molecule has 0 radical (unpaired) electrons. The molecule has 1 N–H and O–H groups in total. The minimum absolute atomic E-state index is 0.0977. The summed E-state index contributed by atoms with van der Waals surface area (Å²) in [5.41, 5.74) is 0.408. The molecule has 0 bridgehead atoms. The van der Waals surface area contributed by atoms with Gasteiger partial charge in [0, 0.05) is 29.6 Å². The number of carbonyl (C=O) groups excluding carboxylic acids is 2. The molecule has 1 saturated heterocycles. The fourth-order valence-electron chi connectivity index (χ4n) is 2.62. The number of hydrogen-bond acceptors (Lipinski definition) is 4. The highest BCUT2D eigenvalue weighted by atomic mass is 32.1. The van der Waals surface area contributed by atoms with Gasteiger partial charge in [-0.2, -0.15) is 0 Å². The van der Waals surface area contributed by atoms with Crippen LogP contribution < -0.4 is 5.32 Å². The van der Waals surface area contributed by atoms with Crippen molar-refractivity contribution in [2.75, 3.05) is 5.32 Å². The number of carbonyl (C=O) groups is 2. The van der Waals surface area contributed by atoms with E-state index in [0.29, 0.717) is 23.5 Å². The lowest BCUT2D eigenvalue weighted by atomic mass is 10.1. The molecule has 23 heavy (non-hydrogen) atoms. The molecular weight excluding hydrogens is 317 g/mol. The molecule has 2 amide bonds. The Balaban J connectivity index is 1.74. The van der Waals surface area contributed by atoms with E-state index in [1.54, 1.807) is 24.4 Å². The van der Waals surface area contributed by atoms with Crippen LogP contribution in [0.2, 0.25) is 0 Å². The fraction of sp³-hybridized carbons (Fsp3) is 0.312. The molecule has 5 nitrogen and oxygen atoms in total. The Morgan fingerprint density at radius 3 is 2.96 bits per heavy atom. The molecular formula is C16H16FN3O2S. The quantitative estimate of drug-likeness (QED) is 0.936. The molecule has 2 heterocycles. The van der Waals surface area contributed by atoms with Crippen LogP contribution in [0.15, 0.2) is 30.5 Å². The number of halogens is 1. The Bertz CT molecular complexity index is 746. The van der Waals surface area contributed by atoms with Gasteiger partial charge < -0.3 is 10.2 Å². The van der Waals surface area contributed by atoms with E-state index in [0.717, 1.165) is 4.88 Å². The summed E-state index contributed by atoms with van der Waals surface area (Å²) in [7, 11) is 0. The average Bonchev–Trinajstić information content (AvgIpc) is 3.08. The minimum Gasteiger partial charge on any atom is -0.326 e. The molecule has 7 heteroatoms. The van der Waals surface area contributed by atoms with Crippen molar-refractivity contribution in [1.82, 2.24) is 9.88 Å². The number of aromatic nitrogens is 1. The van der Waals surface area contributed by atoms with Crippen molar-refractivity contribution in [3.05, 3.63) is 46.7 Å². The zero-order valence-electron chi connectivity index (χ0n) is 12.6. The molecule has 2 aromatic rings. The van der Waals surface area contributed by atoms with Crippen molar-refractivity contribution in [1.29, 1.82) is 0 Å². The first-order valence-corrected chi connectivity index (χ1v) is 8.12. The lowest BCUT2D eigenvalue weighted by Gasteiger charge is -2.24. The predicted octanol–water partition coefficient (Wildman–Crippen LogP) is 2.72.